The van der Waals surface area contributed by atoms with E-state index in [-0.39, 0.29) is 5.97 Å². The van der Waals surface area contributed by atoms with Crippen LogP contribution >= 0.6 is 0 Å². The molecule has 2 nitrogen and oxygen atoms in total. The second kappa shape index (κ2) is 3.61. The molecule has 0 saturated carbocycles. The quantitative estimate of drug-likeness (QED) is 0.675. The zero-order chi connectivity index (χ0) is 7.40. The molecule has 0 bridgehead atoms. The Morgan fingerprint density at radius 1 is 1.30 bits per heavy atom. The van der Waals surface area contributed by atoms with Gasteiger partial charge in [0.1, 0.15) is 0 Å². The fourth-order valence-electron chi connectivity index (χ4n) is 0.642. The standard InChI is InChI=1S/C7H6O2.Sn.H/c8-7(9)6-4-2-1-3-5-6;;/h1-5H,(H,8,9);;/q;+1;/p-1. The topological polar surface area (TPSA) is 26.3 Å². The van der Waals surface area contributed by atoms with Crippen LogP contribution < -0.4 is 0 Å². The van der Waals surface area contributed by atoms with Crippen LogP contribution in [-0.2, 0) is 3.07 Å². The summed E-state index contributed by atoms with van der Waals surface area (Å²) in [5.41, 5.74) is 0.620. The summed E-state index contributed by atoms with van der Waals surface area (Å²) in [5.74, 6) is -0.233. The molecule has 2 radical (unpaired) electrons. The third kappa shape index (κ3) is 1.73. The Morgan fingerprint density at radius 3 is 2.40 bits per heavy atom. The molecule has 0 atom stereocenters. The summed E-state index contributed by atoms with van der Waals surface area (Å²) in [4.78, 5) is 10.8. The first kappa shape index (κ1) is 7.59. The van der Waals surface area contributed by atoms with E-state index in [2.05, 4.69) is 3.07 Å². The molecule has 3 heteroatoms. The molecule has 10 heavy (non-hydrogen) atoms. The Hall–Kier alpha value is -0.511. The van der Waals surface area contributed by atoms with Crippen LogP contribution in [0.2, 0.25) is 0 Å². The zero-order valence-corrected chi connectivity index (χ0v) is 8.58. The first-order valence-electron chi connectivity index (χ1n) is 2.80. The van der Waals surface area contributed by atoms with Crippen molar-refractivity contribution in [3.05, 3.63) is 35.9 Å². The van der Waals surface area contributed by atoms with Gasteiger partial charge in [0.05, 0.1) is 0 Å². The van der Waals surface area contributed by atoms with Gasteiger partial charge in [0, 0.05) is 0 Å². The van der Waals surface area contributed by atoms with Gasteiger partial charge < -0.3 is 0 Å². The molecule has 0 aliphatic heterocycles. The summed E-state index contributed by atoms with van der Waals surface area (Å²) in [5, 5.41) is 0. The third-order valence-corrected chi connectivity index (χ3v) is 1.73. The number of hydrogen-bond acceptors (Lipinski definition) is 2. The van der Waals surface area contributed by atoms with E-state index >= 15 is 0 Å². The first-order valence-corrected chi connectivity index (χ1v) is 4.15. The molecule has 0 saturated heterocycles. The summed E-state index contributed by atoms with van der Waals surface area (Å²) < 4.78 is 4.63. The Bertz CT molecular complexity index is 220. The molecular formula is C7H6O2Sn. The Kier molecular flexibility index (Phi) is 2.74. The summed E-state index contributed by atoms with van der Waals surface area (Å²) in [6, 6.07) is 8.96. The van der Waals surface area contributed by atoms with Gasteiger partial charge in [-0.2, -0.15) is 0 Å². The van der Waals surface area contributed by atoms with Crippen molar-refractivity contribution >= 4 is 28.9 Å². The molecule has 1 rings (SSSR count). The van der Waals surface area contributed by atoms with Crippen LogP contribution in [0.3, 0.4) is 0 Å². The molecular weight excluding hydrogens is 235 g/mol. The van der Waals surface area contributed by atoms with Crippen LogP contribution in [0.4, 0.5) is 0 Å². The van der Waals surface area contributed by atoms with Crippen LogP contribution in [0, 0.1) is 0 Å². The van der Waals surface area contributed by atoms with Gasteiger partial charge >= 0.3 is 72.7 Å². The van der Waals surface area contributed by atoms with Gasteiger partial charge in [0.25, 0.3) is 0 Å². The van der Waals surface area contributed by atoms with E-state index < -0.39 is 0 Å². The number of rotatable bonds is 1. The minimum absolute atomic E-state index is 0.233. The van der Waals surface area contributed by atoms with Crippen molar-refractivity contribution in [1.29, 1.82) is 0 Å². The van der Waals surface area contributed by atoms with Crippen LogP contribution in [0.25, 0.3) is 0 Å². The van der Waals surface area contributed by atoms with Crippen LogP contribution in [-0.4, -0.2) is 28.9 Å². The molecule has 1 aromatic rings. The molecule has 0 N–H and O–H groups in total. The normalized spacial score (nSPS) is 8.90. The average Bonchev–Trinajstić information content (AvgIpc) is 2.05. The Labute approximate surface area is 72.8 Å². The van der Waals surface area contributed by atoms with E-state index in [0.717, 1.165) is 0 Å². The second-order valence-electron chi connectivity index (χ2n) is 1.77. The molecule has 0 aliphatic rings. The monoisotopic (exact) mass is 242 g/mol. The van der Waals surface area contributed by atoms with E-state index in [1.165, 1.54) is 0 Å². The second-order valence-corrected chi connectivity index (χ2v) is 2.44. The van der Waals surface area contributed by atoms with Gasteiger partial charge in [-0.05, 0) is 0 Å². The summed E-state index contributed by atoms with van der Waals surface area (Å²) in [6.45, 7) is 0. The van der Waals surface area contributed by atoms with Gasteiger partial charge in [0.2, 0.25) is 0 Å². The molecule has 0 aromatic heterocycles. The molecule has 1 aromatic carbocycles. The van der Waals surface area contributed by atoms with Crippen LogP contribution in [0.15, 0.2) is 30.3 Å². The van der Waals surface area contributed by atoms with Crippen molar-refractivity contribution in [2.45, 2.75) is 0 Å². The summed E-state index contributed by atoms with van der Waals surface area (Å²) in [6.07, 6.45) is 0. The minimum atomic E-state index is -0.233. The van der Waals surface area contributed by atoms with Crippen molar-refractivity contribution in [1.82, 2.24) is 0 Å². The Morgan fingerprint density at radius 2 is 1.90 bits per heavy atom. The van der Waals surface area contributed by atoms with Crippen LogP contribution in [0.1, 0.15) is 10.4 Å². The van der Waals surface area contributed by atoms with Crippen LogP contribution in [0.5, 0.6) is 0 Å². The van der Waals surface area contributed by atoms with Crippen molar-refractivity contribution in [2.24, 2.45) is 0 Å². The van der Waals surface area contributed by atoms with Gasteiger partial charge in [0.15, 0.2) is 0 Å². The van der Waals surface area contributed by atoms with Crippen molar-refractivity contribution in [3.8, 4) is 0 Å². The fraction of sp³-hybridized carbons (Fsp3) is 0. The average molecular weight is 241 g/mol. The predicted molar refractivity (Wildman–Crippen MR) is 39.0 cm³/mol. The zero-order valence-electron chi connectivity index (χ0n) is 5.28. The summed E-state index contributed by atoms with van der Waals surface area (Å²) >= 11 is 0.516. The van der Waals surface area contributed by atoms with Gasteiger partial charge in [-0.1, -0.05) is 0 Å². The number of carbonyl (C=O) groups is 1. The molecule has 0 spiro atoms. The number of benzene rings is 1. The fourth-order valence-corrected chi connectivity index (χ4v) is 1.03. The molecule has 0 amide bonds. The summed E-state index contributed by atoms with van der Waals surface area (Å²) in [7, 11) is 0. The SMILES string of the molecule is O=C([O][SnH])c1ccccc1. The first-order chi connectivity index (χ1) is 4.84. The predicted octanol–water partition coefficient (Wildman–Crippen LogP) is 0.659. The number of hydrogen-bond donors (Lipinski definition) is 0. The molecule has 50 valence electrons. The van der Waals surface area contributed by atoms with E-state index in [4.69, 9.17) is 0 Å². The van der Waals surface area contributed by atoms with Gasteiger partial charge in [-0.25, -0.2) is 0 Å². The molecule has 0 fully saturated rings. The van der Waals surface area contributed by atoms with E-state index in [1.54, 1.807) is 12.1 Å². The molecule has 0 unspecified atom stereocenters. The number of carbonyl (C=O) groups excluding carboxylic acids is 1. The van der Waals surface area contributed by atoms with E-state index in [1.807, 2.05) is 18.2 Å². The Balaban J connectivity index is 2.85. The van der Waals surface area contributed by atoms with E-state index in [0.29, 0.717) is 28.5 Å². The third-order valence-electron chi connectivity index (χ3n) is 1.12. The van der Waals surface area contributed by atoms with Crippen molar-refractivity contribution in [3.63, 3.8) is 0 Å². The van der Waals surface area contributed by atoms with Crippen molar-refractivity contribution < 1.29 is 7.87 Å². The van der Waals surface area contributed by atoms with E-state index in [9.17, 15) is 4.79 Å². The van der Waals surface area contributed by atoms with Gasteiger partial charge in [-0.3, -0.25) is 0 Å². The molecule has 0 heterocycles. The van der Waals surface area contributed by atoms with Crippen molar-refractivity contribution in [2.75, 3.05) is 0 Å². The maximum absolute atomic E-state index is 10.8. The maximum atomic E-state index is 10.8. The molecule has 0 aliphatic carbocycles. The van der Waals surface area contributed by atoms with Gasteiger partial charge in [-0.15, -0.1) is 0 Å².